The van der Waals surface area contributed by atoms with Crippen LogP contribution in [0.5, 0.6) is 0 Å². The van der Waals surface area contributed by atoms with Gasteiger partial charge < -0.3 is 4.79 Å². The molecule has 0 unspecified atom stereocenters. The highest BCUT2D eigenvalue weighted by Crippen LogP contribution is 2.10. The lowest BCUT2D eigenvalue weighted by Crippen LogP contribution is -1.95. The maximum atomic E-state index is 10.8. The molecule has 0 bridgehead atoms. The van der Waals surface area contributed by atoms with Crippen molar-refractivity contribution >= 4 is 16.8 Å². The summed E-state index contributed by atoms with van der Waals surface area (Å²) in [5.41, 5.74) is 1.79. The lowest BCUT2D eigenvalue weighted by molar-refractivity contribution is -0.117. The normalized spacial score (nSPS) is 10.6. The van der Waals surface area contributed by atoms with E-state index in [1.54, 1.807) is 13.1 Å². The molecule has 82 valence electrons. The van der Waals surface area contributed by atoms with Gasteiger partial charge in [0.2, 0.25) is 0 Å². The molecule has 2 aromatic rings. The maximum absolute atomic E-state index is 10.8. The summed E-state index contributed by atoms with van der Waals surface area (Å²) in [6.07, 6.45) is 4.07. The van der Waals surface area contributed by atoms with Crippen LogP contribution in [0.4, 0.5) is 0 Å². The number of aryl methyl sites for hydroxylation is 1. The van der Waals surface area contributed by atoms with Crippen LogP contribution < -0.4 is 0 Å². The summed E-state index contributed by atoms with van der Waals surface area (Å²) in [5, 5.41) is 1.05. The van der Waals surface area contributed by atoms with Crippen LogP contribution >= 0.6 is 0 Å². The molecule has 2 aromatic heterocycles. The van der Waals surface area contributed by atoms with Crippen LogP contribution in [0.1, 0.15) is 25.5 Å². The molecule has 0 aliphatic heterocycles. The monoisotopic (exact) mass is 214 g/mol. The quantitative estimate of drug-likeness (QED) is 0.785. The average Bonchev–Trinajstić information content (AvgIpc) is 2.28. The maximum Gasteiger partial charge on any atom is 0.159 e. The van der Waals surface area contributed by atoms with Gasteiger partial charge in [-0.3, -0.25) is 0 Å². The van der Waals surface area contributed by atoms with Gasteiger partial charge in [0.1, 0.15) is 5.78 Å². The van der Waals surface area contributed by atoms with E-state index in [-0.39, 0.29) is 5.78 Å². The van der Waals surface area contributed by atoms with Gasteiger partial charge in [-0.2, -0.15) is 0 Å². The first-order valence-corrected chi connectivity index (χ1v) is 5.46. The van der Waals surface area contributed by atoms with Crippen LogP contribution in [0.2, 0.25) is 0 Å². The minimum absolute atomic E-state index is 0.235. The molecule has 0 aromatic carbocycles. The van der Waals surface area contributed by atoms with Crippen molar-refractivity contribution in [1.82, 2.24) is 9.97 Å². The van der Waals surface area contributed by atoms with Crippen LogP contribution in [0.3, 0.4) is 0 Å². The van der Waals surface area contributed by atoms with Crippen molar-refractivity contribution in [1.29, 1.82) is 0 Å². The number of rotatable bonds is 4. The number of Topliss-reactive ketones (excluding diaryl/α,β-unsaturated/α-hetero) is 1. The van der Waals surface area contributed by atoms with Gasteiger partial charge in [-0.15, -0.1) is 0 Å². The van der Waals surface area contributed by atoms with Crippen molar-refractivity contribution in [2.24, 2.45) is 0 Å². The van der Waals surface area contributed by atoms with E-state index in [4.69, 9.17) is 0 Å². The highest BCUT2D eigenvalue weighted by Gasteiger charge is 2.00. The molecule has 0 radical (unpaired) electrons. The van der Waals surface area contributed by atoms with Crippen molar-refractivity contribution < 1.29 is 4.79 Å². The van der Waals surface area contributed by atoms with Crippen molar-refractivity contribution in [3.05, 3.63) is 36.2 Å². The molecule has 2 heterocycles. The number of aromatic nitrogens is 2. The van der Waals surface area contributed by atoms with Gasteiger partial charge in [0, 0.05) is 23.7 Å². The first kappa shape index (κ1) is 10.7. The lowest BCUT2D eigenvalue weighted by Gasteiger charge is -2.01. The van der Waals surface area contributed by atoms with E-state index in [0.717, 1.165) is 29.6 Å². The number of fused-ring (bicyclic) bond motifs is 1. The van der Waals surface area contributed by atoms with E-state index in [2.05, 4.69) is 9.97 Å². The molecule has 0 spiro atoms. The van der Waals surface area contributed by atoms with Gasteiger partial charge in [-0.25, -0.2) is 9.97 Å². The largest absolute Gasteiger partial charge is 0.300 e. The number of pyridine rings is 2. The molecule has 2 rings (SSSR count). The molecule has 0 aliphatic carbocycles. The van der Waals surface area contributed by atoms with Gasteiger partial charge in [-0.1, -0.05) is 0 Å². The molecular formula is C13H14N2O. The Labute approximate surface area is 94.5 Å². The predicted octanol–water partition coefficient (Wildman–Crippen LogP) is 2.54. The van der Waals surface area contributed by atoms with Gasteiger partial charge in [0.05, 0.1) is 0 Å². The Morgan fingerprint density at radius 3 is 3.00 bits per heavy atom. The average molecular weight is 214 g/mol. The highest BCUT2D eigenvalue weighted by atomic mass is 16.1. The van der Waals surface area contributed by atoms with Gasteiger partial charge in [0.25, 0.3) is 0 Å². The van der Waals surface area contributed by atoms with Gasteiger partial charge in [0.15, 0.2) is 5.65 Å². The fourth-order valence-electron chi connectivity index (χ4n) is 1.65. The molecule has 3 nitrogen and oxygen atoms in total. The van der Waals surface area contributed by atoms with Crippen molar-refractivity contribution in [2.75, 3.05) is 0 Å². The molecular weight excluding hydrogens is 200 g/mol. The summed E-state index contributed by atoms with van der Waals surface area (Å²) >= 11 is 0. The summed E-state index contributed by atoms with van der Waals surface area (Å²) in [6.45, 7) is 1.62. The van der Waals surface area contributed by atoms with E-state index in [0.29, 0.717) is 6.42 Å². The zero-order valence-corrected chi connectivity index (χ0v) is 9.31. The minimum atomic E-state index is 0.235. The molecule has 3 heteroatoms. The second-order valence-corrected chi connectivity index (χ2v) is 3.91. The number of hydrogen-bond acceptors (Lipinski definition) is 3. The van der Waals surface area contributed by atoms with Crippen molar-refractivity contribution in [3.8, 4) is 0 Å². The lowest BCUT2D eigenvalue weighted by atomic mass is 10.1. The number of carbonyl (C=O) groups excluding carboxylic acids is 1. The summed E-state index contributed by atoms with van der Waals surface area (Å²) in [7, 11) is 0. The summed E-state index contributed by atoms with van der Waals surface area (Å²) in [5.74, 6) is 0.235. The molecule has 0 saturated heterocycles. The molecule has 0 fully saturated rings. The third kappa shape index (κ3) is 2.63. The Kier molecular flexibility index (Phi) is 3.25. The van der Waals surface area contributed by atoms with E-state index in [9.17, 15) is 4.79 Å². The summed E-state index contributed by atoms with van der Waals surface area (Å²) in [4.78, 5) is 19.5. The number of hydrogen-bond donors (Lipinski definition) is 0. The SMILES string of the molecule is CC(=O)CCCc1ccc2cccnc2n1. The molecule has 0 saturated carbocycles. The number of nitrogens with zero attached hydrogens (tertiary/aromatic N) is 2. The zero-order chi connectivity index (χ0) is 11.4. The third-order valence-corrected chi connectivity index (χ3v) is 2.48. The van der Waals surface area contributed by atoms with E-state index >= 15 is 0 Å². The minimum Gasteiger partial charge on any atom is -0.300 e. The number of carbonyl (C=O) groups is 1. The van der Waals surface area contributed by atoms with Crippen LogP contribution in [0.15, 0.2) is 30.5 Å². The van der Waals surface area contributed by atoms with Crippen LogP contribution in [0, 0.1) is 0 Å². The predicted molar refractivity (Wildman–Crippen MR) is 63.2 cm³/mol. The van der Waals surface area contributed by atoms with Crippen LogP contribution in [-0.4, -0.2) is 15.8 Å². The Morgan fingerprint density at radius 2 is 2.19 bits per heavy atom. The number of ketones is 1. The molecule has 0 aliphatic rings. The van der Waals surface area contributed by atoms with E-state index in [1.165, 1.54) is 0 Å². The zero-order valence-electron chi connectivity index (χ0n) is 9.31. The second-order valence-electron chi connectivity index (χ2n) is 3.91. The van der Waals surface area contributed by atoms with E-state index < -0.39 is 0 Å². The van der Waals surface area contributed by atoms with Crippen molar-refractivity contribution in [2.45, 2.75) is 26.2 Å². The molecule has 16 heavy (non-hydrogen) atoms. The fraction of sp³-hybridized carbons (Fsp3) is 0.308. The Balaban J connectivity index is 2.10. The Bertz CT molecular complexity index is 508. The first-order valence-electron chi connectivity index (χ1n) is 5.46. The van der Waals surface area contributed by atoms with Gasteiger partial charge in [-0.05, 0) is 44.0 Å². The highest BCUT2D eigenvalue weighted by molar-refractivity contribution is 5.75. The standard InChI is InChI=1S/C13H14N2O/c1-10(16)4-2-6-12-8-7-11-5-3-9-14-13(11)15-12/h3,5,7-9H,2,4,6H2,1H3. The fourth-order valence-corrected chi connectivity index (χ4v) is 1.65. The second kappa shape index (κ2) is 4.84. The Morgan fingerprint density at radius 1 is 1.31 bits per heavy atom. The molecule has 0 atom stereocenters. The Hall–Kier alpha value is -1.77. The van der Waals surface area contributed by atoms with Gasteiger partial charge >= 0.3 is 0 Å². The van der Waals surface area contributed by atoms with Crippen LogP contribution in [0.25, 0.3) is 11.0 Å². The third-order valence-electron chi connectivity index (χ3n) is 2.48. The van der Waals surface area contributed by atoms with Crippen molar-refractivity contribution in [3.63, 3.8) is 0 Å². The smallest absolute Gasteiger partial charge is 0.159 e. The molecule has 0 N–H and O–H groups in total. The topological polar surface area (TPSA) is 42.9 Å². The summed E-state index contributed by atoms with van der Waals surface area (Å²) < 4.78 is 0. The summed E-state index contributed by atoms with van der Waals surface area (Å²) in [6, 6.07) is 7.93. The van der Waals surface area contributed by atoms with Crippen LogP contribution in [-0.2, 0) is 11.2 Å². The molecule has 0 amide bonds. The first-order chi connectivity index (χ1) is 7.75. The van der Waals surface area contributed by atoms with E-state index in [1.807, 2.05) is 24.3 Å².